The number of anilines is 1. The predicted octanol–water partition coefficient (Wildman–Crippen LogP) is 1.73. The molecule has 0 bridgehead atoms. The summed E-state index contributed by atoms with van der Waals surface area (Å²) in [7, 11) is 0. The third-order valence-electron chi connectivity index (χ3n) is 1.87. The van der Waals surface area contributed by atoms with E-state index in [2.05, 4.69) is 20.3 Å². The number of H-pyrrole nitrogens is 1. The molecule has 14 heavy (non-hydrogen) atoms. The fraction of sp³-hybridized carbons (Fsp3) is 0.200. The highest BCUT2D eigenvalue weighted by Crippen LogP contribution is 2.02. The molecule has 0 unspecified atom stereocenters. The molecule has 0 atom stereocenters. The molecule has 72 valence electrons. The van der Waals surface area contributed by atoms with Gasteiger partial charge in [0.2, 0.25) is 5.95 Å². The molecule has 0 saturated carbocycles. The average molecular weight is 188 g/mol. The Kier molecular flexibility index (Phi) is 2.44. The lowest BCUT2D eigenvalue weighted by Crippen LogP contribution is -2.02. The van der Waals surface area contributed by atoms with Gasteiger partial charge in [-0.1, -0.05) is 6.07 Å². The SMILES string of the molecule is Cc1cnc(NCc2ccccn2)[nH]1. The van der Waals surface area contributed by atoms with Crippen molar-refractivity contribution < 1.29 is 0 Å². The van der Waals surface area contributed by atoms with Gasteiger partial charge in [0.15, 0.2) is 0 Å². The van der Waals surface area contributed by atoms with Gasteiger partial charge in [-0.2, -0.15) is 0 Å². The minimum atomic E-state index is 0.688. The van der Waals surface area contributed by atoms with Gasteiger partial charge in [-0.3, -0.25) is 4.98 Å². The van der Waals surface area contributed by atoms with Crippen molar-refractivity contribution in [2.45, 2.75) is 13.5 Å². The molecule has 2 aromatic rings. The van der Waals surface area contributed by atoms with Crippen molar-refractivity contribution in [3.63, 3.8) is 0 Å². The highest BCUT2D eigenvalue weighted by molar-refractivity contribution is 5.26. The highest BCUT2D eigenvalue weighted by Gasteiger charge is 1.96. The largest absolute Gasteiger partial charge is 0.350 e. The minimum Gasteiger partial charge on any atom is -0.350 e. The van der Waals surface area contributed by atoms with Gasteiger partial charge in [-0.15, -0.1) is 0 Å². The van der Waals surface area contributed by atoms with Gasteiger partial charge in [-0.25, -0.2) is 4.98 Å². The fourth-order valence-electron chi connectivity index (χ4n) is 1.18. The van der Waals surface area contributed by atoms with E-state index in [9.17, 15) is 0 Å². The zero-order valence-electron chi connectivity index (χ0n) is 7.99. The number of aromatic amines is 1. The van der Waals surface area contributed by atoms with Crippen LogP contribution in [0.4, 0.5) is 5.95 Å². The van der Waals surface area contributed by atoms with Crippen molar-refractivity contribution >= 4 is 5.95 Å². The first-order chi connectivity index (χ1) is 6.84. The molecule has 0 radical (unpaired) electrons. The van der Waals surface area contributed by atoms with E-state index >= 15 is 0 Å². The number of rotatable bonds is 3. The van der Waals surface area contributed by atoms with Crippen molar-refractivity contribution in [1.29, 1.82) is 0 Å². The van der Waals surface area contributed by atoms with Crippen molar-refractivity contribution in [2.75, 3.05) is 5.32 Å². The lowest BCUT2D eigenvalue weighted by Gasteiger charge is -2.01. The van der Waals surface area contributed by atoms with Crippen LogP contribution in [0.25, 0.3) is 0 Å². The first-order valence-electron chi connectivity index (χ1n) is 4.50. The van der Waals surface area contributed by atoms with E-state index in [0.29, 0.717) is 6.54 Å². The third-order valence-corrected chi connectivity index (χ3v) is 1.87. The van der Waals surface area contributed by atoms with E-state index in [1.807, 2.05) is 25.1 Å². The number of nitrogens with one attached hydrogen (secondary N) is 2. The van der Waals surface area contributed by atoms with E-state index in [4.69, 9.17) is 0 Å². The number of aromatic nitrogens is 3. The highest BCUT2D eigenvalue weighted by atomic mass is 15.1. The average Bonchev–Trinajstić information content (AvgIpc) is 2.63. The number of hydrogen-bond donors (Lipinski definition) is 2. The van der Waals surface area contributed by atoms with Crippen molar-refractivity contribution in [2.24, 2.45) is 0 Å². The van der Waals surface area contributed by atoms with Gasteiger partial charge in [0.1, 0.15) is 0 Å². The second-order valence-electron chi connectivity index (χ2n) is 3.09. The molecular formula is C10H12N4. The summed E-state index contributed by atoms with van der Waals surface area (Å²) in [5.74, 6) is 0.785. The molecule has 2 aromatic heterocycles. The minimum absolute atomic E-state index is 0.688. The molecule has 2 N–H and O–H groups in total. The summed E-state index contributed by atoms with van der Waals surface area (Å²) < 4.78 is 0. The van der Waals surface area contributed by atoms with Gasteiger partial charge < -0.3 is 10.3 Å². The van der Waals surface area contributed by atoms with Crippen molar-refractivity contribution in [3.8, 4) is 0 Å². The standard InChI is InChI=1S/C10H12N4/c1-8-6-12-10(14-8)13-7-9-4-2-3-5-11-9/h2-6H,7H2,1H3,(H2,12,13,14). The number of nitrogens with zero attached hydrogens (tertiary/aromatic N) is 2. The van der Waals surface area contributed by atoms with E-state index in [0.717, 1.165) is 17.3 Å². The van der Waals surface area contributed by atoms with Crippen LogP contribution in [0, 0.1) is 6.92 Å². The summed E-state index contributed by atoms with van der Waals surface area (Å²) in [4.78, 5) is 11.4. The first kappa shape index (κ1) is 8.74. The van der Waals surface area contributed by atoms with Gasteiger partial charge in [0, 0.05) is 18.1 Å². The molecule has 0 saturated heterocycles. The smallest absolute Gasteiger partial charge is 0.200 e. The molecule has 4 nitrogen and oxygen atoms in total. The van der Waals surface area contributed by atoms with Crippen LogP contribution in [0.1, 0.15) is 11.4 Å². The summed E-state index contributed by atoms with van der Waals surface area (Å²) in [5, 5.41) is 3.15. The Labute approximate surface area is 82.4 Å². The maximum Gasteiger partial charge on any atom is 0.200 e. The van der Waals surface area contributed by atoms with E-state index < -0.39 is 0 Å². The van der Waals surface area contributed by atoms with Gasteiger partial charge >= 0.3 is 0 Å². The molecule has 0 fully saturated rings. The second kappa shape index (κ2) is 3.91. The van der Waals surface area contributed by atoms with Gasteiger partial charge in [-0.05, 0) is 19.1 Å². The molecule has 0 amide bonds. The van der Waals surface area contributed by atoms with Gasteiger partial charge in [0.25, 0.3) is 0 Å². The summed E-state index contributed by atoms with van der Waals surface area (Å²) in [5.41, 5.74) is 2.05. The quantitative estimate of drug-likeness (QED) is 0.771. The molecule has 0 aliphatic rings. The summed E-state index contributed by atoms with van der Waals surface area (Å²) >= 11 is 0. The van der Waals surface area contributed by atoms with Crippen molar-refractivity contribution in [3.05, 3.63) is 42.0 Å². The lowest BCUT2D eigenvalue weighted by atomic mass is 10.3. The molecule has 2 rings (SSSR count). The van der Waals surface area contributed by atoms with Crippen LogP contribution in [-0.2, 0) is 6.54 Å². The maximum absolute atomic E-state index is 4.20. The molecule has 4 heteroatoms. The first-order valence-corrected chi connectivity index (χ1v) is 4.50. The van der Waals surface area contributed by atoms with Gasteiger partial charge in [0.05, 0.1) is 12.2 Å². The molecule has 0 aliphatic carbocycles. The summed E-state index contributed by atoms with van der Waals surface area (Å²) in [6.45, 7) is 2.66. The zero-order valence-corrected chi connectivity index (χ0v) is 7.99. The maximum atomic E-state index is 4.20. The third kappa shape index (κ3) is 2.10. The summed E-state index contributed by atoms with van der Waals surface area (Å²) in [6, 6.07) is 5.85. The topological polar surface area (TPSA) is 53.6 Å². The molecule has 0 aromatic carbocycles. The Morgan fingerprint density at radius 1 is 1.36 bits per heavy atom. The van der Waals surface area contributed by atoms with Crippen LogP contribution < -0.4 is 5.32 Å². The molecule has 2 heterocycles. The Hall–Kier alpha value is -1.84. The second-order valence-corrected chi connectivity index (χ2v) is 3.09. The van der Waals surface area contributed by atoms with Crippen LogP contribution >= 0.6 is 0 Å². The Morgan fingerprint density at radius 2 is 2.29 bits per heavy atom. The van der Waals surface area contributed by atoms with E-state index in [-0.39, 0.29) is 0 Å². The Morgan fingerprint density at radius 3 is 2.93 bits per heavy atom. The molecule has 0 aliphatic heterocycles. The number of hydrogen-bond acceptors (Lipinski definition) is 3. The van der Waals surface area contributed by atoms with Crippen LogP contribution in [0.2, 0.25) is 0 Å². The molecular weight excluding hydrogens is 176 g/mol. The van der Waals surface area contributed by atoms with E-state index in [1.165, 1.54) is 0 Å². The number of pyridine rings is 1. The predicted molar refractivity (Wildman–Crippen MR) is 54.9 cm³/mol. The Bertz CT molecular complexity index is 394. The van der Waals surface area contributed by atoms with Crippen LogP contribution in [0.5, 0.6) is 0 Å². The Balaban J connectivity index is 1.95. The van der Waals surface area contributed by atoms with Crippen molar-refractivity contribution in [1.82, 2.24) is 15.0 Å². The fourth-order valence-corrected chi connectivity index (χ4v) is 1.18. The normalized spacial score (nSPS) is 10.1. The van der Waals surface area contributed by atoms with Crippen LogP contribution in [-0.4, -0.2) is 15.0 Å². The molecule has 0 spiro atoms. The monoisotopic (exact) mass is 188 g/mol. The number of imidazole rings is 1. The lowest BCUT2D eigenvalue weighted by molar-refractivity contribution is 1.02. The van der Waals surface area contributed by atoms with E-state index in [1.54, 1.807) is 12.4 Å². The number of aryl methyl sites for hydroxylation is 1. The summed E-state index contributed by atoms with van der Waals surface area (Å²) in [6.07, 6.45) is 3.57. The van der Waals surface area contributed by atoms with Crippen LogP contribution in [0.15, 0.2) is 30.6 Å². The zero-order chi connectivity index (χ0) is 9.80. The van der Waals surface area contributed by atoms with Crippen LogP contribution in [0.3, 0.4) is 0 Å².